The number of hydrogen-bond donors (Lipinski definition) is 0. The van der Waals surface area contributed by atoms with Gasteiger partial charge in [0.15, 0.2) is 11.5 Å². The molecule has 0 N–H and O–H groups in total. The van der Waals surface area contributed by atoms with Gasteiger partial charge in [-0.3, -0.25) is 0 Å². The highest BCUT2D eigenvalue weighted by molar-refractivity contribution is 5.61. The van der Waals surface area contributed by atoms with Gasteiger partial charge in [-0.1, -0.05) is 5.16 Å². The van der Waals surface area contributed by atoms with Crippen molar-refractivity contribution in [2.24, 2.45) is 0 Å². The fourth-order valence-electron chi connectivity index (χ4n) is 3.28. The topological polar surface area (TPSA) is 75.2 Å². The maximum atomic E-state index is 5.42. The summed E-state index contributed by atoms with van der Waals surface area (Å²) in [5.74, 6) is 2.58. The van der Waals surface area contributed by atoms with Crippen molar-refractivity contribution in [2.45, 2.75) is 32.2 Å². The van der Waals surface area contributed by atoms with Crippen LogP contribution in [0.25, 0.3) is 11.4 Å². The van der Waals surface area contributed by atoms with Gasteiger partial charge < -0.3 is 18.6 Å². The van der Waals surface area contributed by atoms with Crippen LogP contribution in [0.5, 0.6) is 11.5 Å². The molecule has 3 aromatic rings. The van der Waals surface area contributed by atoms with Gasteiger partial charge in [0.1, 0.15) is 6.54 Å². The molecule has 0 unspecified atom stereocenters. The Balaban J connectivity index is 1.40. The summed E-state index contributed by atoms with van der Waals surface area (Å²) in [7, 11) is 0. The molecule has 24 heavy (non-hydrogen) atoms. The molecule has 1 aliphatic carbocycles. The fraction of sp³-hybridized carbons (Fsp3) is 0.353. The summed E-state index contributed by atoms with van der Waals surface area (Å²) in [5, 5.41) is 4.09. The van der Waals surface area contributed by atoms with Gasteiger partial charge in [0.2, 0.25) is 18.5 Å². The minimum absolute atomic E-state index is 0.252. The SMILES string of the molecule is c1cc2c(cc1-c1noc(Cn3cnc4c3CCCC4)n1)OCO2. The molecule has 0 saturated carbocycles. The average molecular weight is 324 g/mol. The Hall–Kier alpha value is -2.83. The second kappa shape index (κ2) is 5.36. The molecule has 122 valence electrons. The Morgan fingerprint density at radius 1 is 1.08 bits per heavy atom. The number of rotatable bonds is 3. The van der Waals surface area contributed by atoms with E-state index in [9.17, 15) is 0 Å². The summed E-state index contributed by atoms with van der Waals surface area (Å²) in [6.07, 6.45) is 6.44. The number of aromatic nitrogens is 4. The van der Waals surface area contributed by atoms with E-state index in [0.717, 1.165) is 24.2 Å². The van der Waals surface area contributed by atoms with Gasteiger partial charge in [0, 0.05) is 11.3 Å². The van der Waals surface area contributed by atoms with Crippen molar-refractivity contribution in [3.8, 4) is 22.9 Å². The Morgan fingerprint density at radius 2 is 2.00 bits per heavy atom. The molecule has 1 aliphatic heterocycles. The molecule has 7 heteroatoms. The molecule has 7 nitrogen and oxygen atoms in total. The highest BCUT2D eigenvalue weighted by Crippen LogP contribution is 2.35. The first-order chi connectivity index (χ1) is 11.9. The first-order valence-electron chi connectivity index (χ1n) is 8.12. The van der Waals surface area contributed by atoms with Crippen LogP contribution in [0.1, 0.15) is 30.1 Å². The maximum Gasteiger partial charge on any atom is 0.246 e. The van der Waals surface area contributed by atoms with Crippen LogP contribution in [0.3, 0.4) is 0 Å². The molecule has 5 rings (SSSR count). The van der Waals surface area contributed by atoms with Gasteiger partial charge in [0.05, 0.1) is 12.0 Å². The first-order valence-corrected chi connectivity index (χ1v) is 8.12. The fourth-order valence-corrected chi connectivity index (χ4v) is 3.28. The van der Waals surface area contributed by atoms with Crippen molar-refractivity contribution in [1.82, 2.24) is 19.7 Å². The molecule has 1 aromatic carbocycles. The average Bonchev–Trinajstić information content (AvgIpc) is 3.34. The number of imidazole rings is 1. The van der Waals surface area contributed by atoms with Gasteiger partial charge in [-0.05, 0) is 43.9 Å². The Kier molecular flexibility index (Phi) is 3.04. The number of hydrogen-bond acceptors (Lipinski definition) is 6. The Bertz CT molecular complexity index is 899. The molecule has 3 heterocycles. The van der Waals surface area contributed by atoms with Gasteiger partial charge in [0.25, 0.3) is 0 Å². The highest BCUT2D eigenvalue weighted by atomic mass is 16.7. The maximum absolute atomic E-state index is 5.42. The van der Waals surface area contributed by atoms with Gasteiger partial charge in [-0.15, -0.1) is 0 Å². The standard InChI is InChI=1S/C17H16N4O3/c1-2-4-13-12(3-1)18-9-21(13)8-16-19-17(20-24-16)11-5-6-14-15(7-11)23-10-22-14/h5-7,9H,1-4,8,10H2. The zero-order chi connectivity index (χ0) is 15.9. The number of aryl methyl sites for hydroxylation is 1. The van der Waals surface area contributed by atoms with Crippen molar-refractivity contribution in [3.05, 3.63) is 41.8 Å². The van der Waals surface area contributed by atoms with Crippen LogP contribution in [0, 0.1) is 0 Å². The summed E-state index contributed by atoms with van der Waals surface area (Å²) in [5.41, 5.74) is 3.35. The lowest BCUT2D eigenvalue weighted by Gasteiger charge is -2.12. The van der Waals surface area contributed by atoms with E-state index in [1.807, 2.05) is 24.5 Å². The van der Waals surface area contributed by atoms with E-state index in [-0.39, 0.29) is 6.79 Å². The third-order valence-corrected chi connectivity index (χ3v) is 4.51. The molecule has 0 radical (unpaired) electrons. The number of ether oxygens (including phenoxy) is 2. The molecule has 0 fully saturated rings. The van der Waals surface area contributed by atoms with Crippen molar-refractivity contribution >= 4 is 0 Å². The van der Waals surface area contributed by atoms with Crippen LogP contribution in [-0.4, -0.2) is 26.5 Å². The molecular weight excluding hydrogens is 308 g/mol. The van der Waals surface area contributed by atoms with E-state index in [0.29, 0.717) is 24.0 Å². The zero-order valence-electron chi connectivity index (χ0n) is 13.1. The zero-order valence-corrected chi connectivity index (χ0v) is 13.1. The summed E-state index contributed by atoms with van der Waals surface area (Å²) in [4.78, 5) is 9.01. The van der Waals surface area contributed by atoms with Crippen molar-refractivity contribution in [1.29, 1.82) is 0 Å². The summed E-state index contributed by atoms with van der Waals surface area (Å²) < 4.78 is 18.3. The molecule has 0 atom stereocenters. The summed E-state index contributed by atoms with van der Waals surface area (Å²) >= 11 is 0. The lowest BCUT2D eigenvalue weighted by atomic mass is 10.0. The first kappa shape index (κ1) is 13.6. The Labute approximate surface area is 138 Å². The van der Waals surface area contributed by atoms with Crippen LogP contribution in [0.4, 0.5) is 0 Å². The van der Waals surface area contributed by atoms with Crippen LogP contribution >= 0.6 is 0 Å². The van der Waals surface area contributed by atoms with Crippen molar-refractivity contribution in [3.63, 3.8) is 0 Å². The molecule has 0 amide bonds. The van der Waals surface area contributed by atoms with E-state index in [1.54, 1.807) is 0 Å². The minimum atomic E-state index is 0.252. The quantitative estimate of drug-likeness (QED) is 0.737. The van der Waals surface area contributed by atoms with Crippen molar-refractivity contribution < 1.29 is 14.0 Å². The summed E-state index contributed by atoms with van der Waals surface area (Å²) in [6.45, 7) is 0.807. The number of fused-ring (bicyclic) bond motifs is 2. The highest BCUT2D eigenvalue weighted by Gasteiger charge is 2.19. The van der Waals surface area contributed by atoms with Crippen LogP contribution in [0.2, 0.25) is 0 Å². The number of nitrogens with zero attached hydrogens (tertiary/aromatic N) is 4. The van der Waals surface area contributed by atoms with Gasteiger partial charge in [-0.2, -0.15) is 4.98 Å². The summed E-state index contributed by atoms with van der Waals surface area (Å²) in [6, 6.07) is 5.64. The lowest BCUT2D eigenvalue weighted by molar-refractivity contribution is 0.174. The molecular formula is C17H16N4O3. The molecule has 2 aromatic heterocycles. The van der Waals surface area contributed by atoms with E-state index < -0.39 is 0 Å². The van der Waals surface area contributed by atoms with Crippen LogP contribution in [0.15, 0.2) is 29.0 Å². The number of benzene rings is 1. The predicted molar refractivity (Wildman–Crippen MR) is 83.8 cm³/mol. The van der Waals surface area contributed by atoms with Crippen molar-refractivity contribution in [2.75, 3.05) is 6.79 Å². The van der Waals surface area contributed by atoms with E-state index >= 15 is 0 Å². The third-order valence-electron chi connectivity index (χ3n) is 4.51. The van der Waals surface area contributed by atoms with Gasteiger partial charge >= 0.3 is 0 Å². The smallest absolute Gasteiger partial charge is 0.246 e. The van der Waals surface area contributed by atoms with Gasteiger partial charge in [-0.25, -0.2) is 4.98 Å². The largest absolute Gasteiger partial charge is 0.454 e. The lowest BCUT2D eigenvalue weighted by Crippen LogP contribution is -2.09. The second-order valence-corrected chi connectivity index (χ2v) is 6.05. The van der Waals surface area contributed by atoms with Crippen LogP contribution in [-0.2, 0) is 19.4 Å². The molecule has 0 bridgehead atoms. The van der Waals surface area contributed by atoms with E-state index in [4.69, 9.17) is 14.0 Å². The second-order valence-electron chi connectivity index (χ2n) is 6.05. The molecule has 0 spiro atoms. The van der Waals surface area contributed by atoms with Crippen LogP contribution < -0.4 is 9.47 Å². The Morgan fingerprint density at radius 3 is 3.00 bits per heavy atom. The monoisotopic (exact) mass is 324 g/mol. The minimum Gasteiger partial charge on any atom is -0.454 e. The third kappa shape index (κ3) is 2.24. The molecule has 2 aliphatic rings. The predicted octanol–water partition coefficient (Wildman–Crippen LogP) is 2.59. The van der Waals surface area contributed by atoms with E-state index in [1.165, 1.54) is 24.2 Å². The van der Waals surface area contributed by atoms with E-state index in [2.05, 4.69) is 19.7 Å². The molecule has 0 saturated heterocycles. The normalized spacial score (nSPS) is 15.5.